The van der Waals surface area contributed by atoms with Crippen molar-refractivity contribution >= 4 is 17.9 Å². The Bertz CT molecular complexity index is 862. The van der Waals surface area contributed by atoms with Gasteiger partial charge in [0.15, 0.2) is 0 Å². The number of carbonyl (C=O) groups excluding carboxylic acids is 1. The summed E-state index contributed by atoms with van der Waals surface area (Å²) in [6.45, 7) is 1.24. The van der Waals surface area contributed by atoms with E-state index in [9.17, 15) is 9.18 Å². The number of amides is 1. The Kier molecular flexibility index (Phi) is 5.01. The summed E-state index contributed by atoms with van der Waals surface area (Å²) in [5.74, 6) is 0.256. The van der Waals surface area contributed by atoms with Crippen LogP contribution in [0.5, 0.6) is 0 Å². The second kappa shape index (κ2) is 7.74. The predicted molar refractivity (Wildman–Crippen MR) is 103 cm³/mol. The number of carbonyl (C=O) groups is 1. The van der Waals surface area contributed by atoms with Crippen molar-refractivity contribution in [1.29, 1.82) is 0 Å². The molecule has 2 atom stereocenters. The average Bonchev–Trinajstić information content (AvgIpc) is 2.99. The van der Waals surface area contributed by atoms with Crippen molar-refractivity contribution in [3.63, 3.8) is 0 Å². The van der Waals surface area contributed by atoms with Gasteiger partial charge in [-0.2, -0.15) is 0 Å². The number of halogens is 1. The molecule has 0 saturated carbocycles. The molecule has 2 aromatic carbocycles. The highest BCUT2D eigenvalue weighted by Gasteiger charge is 2.34. The van der Waals surface area contributed by atoms with E-state index in [-0.39, 0.29) is 23.9 Å². The van der Waals surface area contributed by atoms with Gasteiger partial charge < -0.3 is 9.64 Å². The first kappa shape index (κ1) is 17.5. The largest absolute Gasteiger partial charge is 0.472 e. The lowest BCUT2D eigenvalue weighted by molar-refractivity contribution is 0.0755. The fourth-order valence-electron chi connectivity index (χ4n) is 3.49. The predicted octanol–water partition coefficient (Wildman–Crippen LogP) is 3.94. The summed E-state index contributed by atoms with van der Waals surface area (Å²) in [4.78, 5) is 19.1. The van der Waals surface area contributed by atoms with Crippen LogP contribution in [0.3, 0.4) is 0 Å². The molecule has 4 rings (SSSR count). The summed E-state index contributed by atoms with van der Waals surface area (Å²) < 4.78 is 19.1. The van der Waals surface area contributed by atoms with E-state index >= 15 is 0 Å². The number of hydrogen-bond donors (Lipinski definition) is 0. The number of ether oxygens (including phenoxy) is 1. The lowest BCUT2D eigenvalue weighted by atomic mass is 10.1. The molecule has 0 spiro atoms. The number of hydrogen-bond acceptors (Lipinski definition) is 3. The molecule has 0 aromatic heterocycles. The summed E-state index contributed by atoms with van der Waals surface area (Å²) in [6.07, 6.45) is 5.41. The number of benzene rings is 2. The Morgan fingerprint density at radius 3 is 2.56 bits per heavy atom. The van der Waals surface area contributed by atoms with Crippen molar-refractivity contribution in [3.8, 4) is 0 Å². The van der Waals surface area contributed by atoms with Crippen LogP contribution in [0.1, 0.15) is 28.8 Å². The molecule has 0 aliphatic carbocycles. The summed E-state index contributed by atoms with van der Waals surface area (Å²) in [5, 5.41) is 0. The summed E-state index contributed by atoms with van der Waals surface area (Å²) in [6, 6.07) is 15.8. The van der Waals surface area contributed by atoms with E-state index in [0.717, 1.165) is 18.4 Å². The maximum Gasteiger partial charge on any atom is 0.253 e. The quantitative estimate of drug-likeness (QED) is 0.828. The molecular weight excluding hydrogens is 343 g/mol. The molecule has 2 unspecified atom stereocenters. The molecule has 1 amide bonds. The standard InChI is InChI=1S/C22H21FN2O2/c23-18-9-7-17(8-10-18)22(26)25-14-12-19-20(13-15-25)27-21(24-19)11-6-16-4-2-1-3-5-16/h1-11,19-20H,12-15H2/b11-6+. The van der Waals surface area contributed by atoms with Crippen LogP contribution in [0.25, 0.3) is 6.08 Å². The molecule has 5 heteroatoms. The number of rotatable bonds is 3. The highest BCUT2D eigenvalue weighted by atomic mass is 19.1. The summed E-state index contributed by atoms with van der Waals surface area (Å²) >= 11 is 0. The van der Waals surface area contributed by atoms with Crippen molar-refractivity contribution < 1.29 is 13.9 Å². The van der Waals surface area contributed by atoms with E-state index in [4.69, 9.17) is 4.74 Å². The van der Waals surface area contributed by atoms with Gasteiger partial charge in [-0.25, -0.2) is 9.38 Å². The Morgan fingerprint density at radius 1 is 1.04 bits per heavy atom. The normalized spacial score (nSPS) is 22.1. The van der Waals surface area contributed by atoms with E-state index in [1.807, 2.05) is 47.4 Å². The van der Waals surface area contributed by atoms with Gasteiger partial charge in [-0.15, -0.1) is 0 Å². The topological polar surface area (TPSA) is 41.9 Å². The minimum absolute atomic E-state index is 0.00596. The van der Waals surface area contributed by atoms with Crippen LogP contribution in [0.4, 0.5) is 4.39 Å². The van der Waals surface area contributed by atoms with Crippen LogP contribution in [0, 0.1) is 5.82 Å². The second-order valence-electron chi connectivity index (χ2n) is 6.81. The van der Waals surface area contributed by atoms with Crippen molar-refractivity contribution in [2.45, 2.75) is 25.0 Å². The fourth-order valence-corrected chi connectivity index (χ4v) is 3.49. The van der Waals surface area contributed by atoms with Gasteiger partial charge in [0.1, 0.15) is 11.9 Å². The Morgan fingerprint density at radius 2 is 1.78 bits per heavy atom. The fraction of sp³-hybridized carbons (Fsp3) is 0.273. The lowest BCUT2D eigenvalue weighted by Crippen LogP contribution is -2.32. The van der Waals surface area contributed by atoms with Gasteiger partial charge in [0.2, 0.25) is 5.90 Å². The third-order valence-corrected chi connectivity index (χ3v) is 4.97. The SMILES string of the molecule is O=C(c1ccc(F)cc1)N1CCC2N=C(/C=C/c3ccccc3)OC2CC1. The average molecular weight is 364 g/mol. The zero-order valence-corrected chi connectivity index (χ0v) is 14.9. The van der Waals surface area contributed by atoms with Gasteiger partial charge in [0, 0.05) is 31.1 Å². The highest BCUT2D eigenvalue weighted by Crippen LogP contribution is 2.25. The van der Waals surface area contributed by atoms with Crippen LogP contribution in [-0.2, 0) is 4.74 Å². The molecule has 2 heterocycles. The number of aliphatic imine (C=N–C) groups is 1. The number of likely N-dealkylation sites (tertiary alicyclic amines) is 1. The zero-order chi connectivity index (χ0) is 18.6. The number of fused-ring (bicyclic) bond motifs is 1. The van der Waals surface area contributed by atoms with Crippen LogP contribution in [-0.4, -0.2) is 41.9 Å². The minimum atomic E-state index is -0.337. The van der Waals surface area contributed by atoms with Crippen molar-refractivity contribution in [3.05, 3.63) is 77.6 Å². The number of nitrogens with zero attached hydrogens (tertiary/aromatic N) is 2. The molecule has 0 N–H and O–H groups in total. The monoisotopic (exact) mass is 364 g/mol. The van der Waals surface area contributed by atoms with E-state index in [0.29, 0.717) is 24.6 Å². The minimum Gasteiger partial charge on any atom is -0.472 e. The summed E-state index contributed by atoms with van der Waals surface area (Å²) in [5.41, 5.74) is 1.62. The van der Waals surface area contributed by atoms with E-state index in [1.54, 1.807) is 0 Å². The van der Waals surface area contributed by atoms with Crippen LogP contribution < -0.4 is 0 Å². The first-order valence-electron chi connectivity index (χ1n) is 9.21. The van der Waals surface area contributed by atoms with Crippen molar-refractivity contribution in [2.24, 2.45) is 4.99 Å². The molecule has 2 aromatic rings. The van der Waals surface area contributed by atoms with Crippen LogP contribution in [0.2, 0.25) is 0 Å². The molecule has 2 aliphatic heterocycles. The molecular formula is C22H21FN2O2. The van der Waals surface area contributed by atoms with Gasteiger partial charge in [0.25, 0.3) is 5.91 Å². The maximum absolute atomic E-state index is 13.1. The molecule has 1 saturated heterocycles. The van der Waals surface area contributed by atoms with E-state index in [2.05, 4.69) is 4.99 Å². The molecule has 4 nitrogen and oxygen atoms in total. The van der Waals surface area contributed by atoms with Gasteiger partial charge in [-0.3, -0.25) is 4.79 Å². The molecule has 138 valence electrons. The van der Waals surface area contributed by atoms with Crippen LogP contribution in [0.15, 0.2) is 65.7 Å². The molecule has 0 radical (unpaired) electrons. The molecule has 1 fully saturated rings. The third kappa shape index (κ3) is 4.08. The lowest BCUT2D eigenvalue weighted by Gasteiger charge is -2.20. The smallest absolute Gasteiger partial charge is 0.253 e. The maximum atomic E-state index is 13.1. The van der Waals surface area contributed by atoms with Gasteiger partial charge in [-0.05, 0) is 42.3 Å². The molecule has 2 aliphatic rings. The van der Waals surface area contributed by atoms with E-state index in [1.165, 1.54) is 24.3 Å². The first-order valence-corrected chi connectivity index (χ1v) is 9.21. The molecule has 27 heavy (non-hydrogen) atoms. The Balaban J connectivity index is 1.39. The highest BCUT2D eigenvalue weighted by molar-refractivity contribution is 5.94. The van der Waals surface area contributed by atoms with Crippen molar-refractivity contribution in [2.75, 3.05) is 13.1 Å². The van der Waals surface area contributed by atoms with Crippen molar-refractivity contribution in [1.82, 2.24) is 4.90 Å². The third-order valence-electron chi connectivity index (χ3n) is 4.97. The Hall–Kier alpha value is -2.95. The van der Waals surface area contributed by atoms with Gasteiger partial charge in [0.05, 0.1) is 6.04 Å². The zero-order valence-electron chi connectivity index (χ0n) is 14.9. The first-order chi connectivity index (χ1) is 13.2. The van der Waals surface area contributed by atoms with Gasteiger partial charge >= 0.3 is 0 Å². The Labute approximate surface area is 158 Å². The second-order valence-corrected chi connectivity index (χ2v) is 6.81. The van der Waals surface area contributed by atoms with E-state index < -0.39 is 0 Å². The van der Waals surface area contributed by atoms with Gasteiger partial charge in [-0.1, -0.05) is 30.3 Å². The summed E-state index contributed by atoms with van der Waals surface area (Å²) in [7, 11) is 0. The van der Waals surface area contributed by atoms with Crippen LogP contribution >= 0.6 is 0 Å². The molecule has 0 bridgehead atoms.